The predicted molar refractivity (Wildman–Crippen MR) is 64.8 cm³/mol. The van der Waals surface area contributed by atoms with Crippen molar-refractivity contribution in [3.63, 3.8) is 0 Å². The van der Waals surface area contributed by atoms with E-state index in [1.807, 2.05) is 6.20 Å². The summed E-state index contributed by atoms with van der Waals surface area (Å²) in [7, 11) is 0. The first-order valence-corrected chi connectivity index (χ1v) is 6.57. The maximum absolute atomic E-state index is 5.46. The third kappa shape index (κ3) is 2.48. The third-order valence-electron chi connectivity index (χ3n) is 3.70. The monoisotopic (exact) mass is 233 g/mol. The second kappa shape index (κ2) is 5.10. The van der Waals surface area contributed by atoms with Gasteiger partial charge in [0.05, 0.1) is 19.3 Å². The number of hydrogen-bond acceptors (Lipinski definition) is 4. The van der Waals surface area contributed by atoms with Gasteiger partial charge < -0.3 is 10.1 Å². The van der Waals surface area contributed by atoms with Crippen LogP contribution >= 0.6 is 0 Å². The molecule has 0 bridgehead atoms. The first kappa shape index (κ1) is 11.1. The van der Waals surface area contributed by atoms with E-state index in [1.54, 1.807) is 0 Å². The highest BCUT2D eigenvalue weighted by Crippen LogP contribution is 2.33. The highest BCUT2D eigenvalue weighted by molar-refractivity contribution is 5.11. The summed E-state index contributed by atoms with van der Waals surface area (Å²) in [6, 6.07) is 2.24. The molecule has 1 saturated heterocycles. The SMILES string of the molecule is c1cc(C2CCCC2)nc(C2COCCN2)n1. The molecule has 4 heteroatoms. The molecule has 0 amide bonds. The van der Waals surface area contributed by atoms with Crippen LogP contribution < -0.4 is 5.32 Å². The molecule has 4 nitrogen and oxygen atoms in total. The zero-order valence-corrected chi connectivity index (χ0v) is 10.1. The molecule has 2 fully saturated rings. The van der Waals surface area contributed by atoms with Crippen LogP contribution in [0.3, 0.4) is 0 Å². The van der Waals surface area contributed by atoms with Gasteiger partial charge in [0.25, 0.3) is 0 Å². The molecule has 0 spiro atoms. The summed E-state index contributed by atoms with van der Waals surface area (Å²) in [6.07, 6.45) is 7.14. The van der Waals surface area contributed by atoms with Crippen LogP contribution in [0.5, 0.6) is 0 Å². The molecule has 1 aromatic rings. The molecular formula is C13H19N3O. The van der Waals surface area contributed by atoms with E-state index in [9.17, 15) is 0 Å². The summed E-state index contributed by atoms with van der Waals surface area (Å²) in [5.41, 5.74) is 1.22. The van der Waals surface area contributed by atoms with Gasteiger partial charge in [-0.3, -0.25) is 0 Å². The van der Waals surface area contributed by atoms with Crippen molar-refractivity contribution in [3.05, 3.63) is 23.8 Å². The Kier molecular flexibility index (Phi) is 3.34. The van der Waals surface area contributed by atoms with Crippen molar-refractivity contribution in [2.24, 2.45) is 0 Å². The van der Waals surface area contributed by atoms with Gasteiger partial charge in [-0.1, -0.05) is 12.8 Å². The minimum atomic E-state index is 0.171. The van der Waals surface area contributed by atoms with Gasteiger partial charge in [-0.15, -0.1) is 0 Å². The Hall–Kier alpha value is -1.00. The summed E-state index contributed by atoms with van der Waals surface area (Å²) in [5, 5.41) is 3.40. The zero-order valence-electron chi connectivity index (χ0n) is 10.1. The molecule has 0 aromatic carbocycles. The second-order valence-electron chi connectivity index (χ2n) is 4.90. The third-order valence-corrected chi connectivity index (χ3v) is 3.70. The van der Waals surface area contributed by atoms with E-state index in [0.717, 1.165) is 19.0 Å². The lowest BCUT2D eigenvalue weighted by Crippen LogP contribution is -2.35. The average Bonchev–Trinajstić information content (AvgIpc) is 2.94. The van der Waals surface area contributed by atoms with Crippen LogP contribution in [-0.2, 0) is 4.74 Å². The van der Waals surface area contributed by atoms with Crippen molar-refractivity contribution in [2.75, 3.05) is 19.8 Å². The Morgan fingerprint density at radius 2 is 2.18 bits per heavy atom. The van der Waals surface area contributed by atoms with Crippen molar-refractivity contribution >= 4 is 0 Å². The molecule has 1 N–H and O–H groups in total. The van der Waals surface area contributed by atoms with E-state index in [4.69, 9.17) is 9.72 Å². The fraction of sp³-hybridized carbons (Fsp3) is 0.692. The number of nitrogens with one attached hydrogen (secondary N) is 1. The van der Waals surface area contributed by atoms with E-state index < -0.39 is 0 Å². The molecule has 1 saturated carbocycles. The summed E-state index contributed by atoms with van der Waals surface area (Å²) in [6.45, 7) is 2.37. The van der Waals surface area contributed by atoms with Gasteiger partial charge >= 0.3 is 0 Å². The lowest BCUT2D eigenvalue weighted by atomic mass is 10.0. The Morgan fingerprint density at radius 1 is 1.29 bits per heavy atom. The van der Waals surface area contributed by atoms with Gasteiger partial charge in [0.1, 0.15) is 5.82 Å². The van der Waals surface area contributed by atoms with E-state index in [0.29, 0.717) is 12.5 Å². The largest absolute Gasteiger partial charge is 0.378 e. The van der Waals surface area contributed by atoms with Crippen molar-refractivity contribution in [3.8, 4) is 0 Å². The molecule has 0 radical (unpaired) electrons. The van der Waals surface area contributed by atoms with E-state index >= 15 is 0 Å². The molecule has 2 aliphatic rings. The summed E-state index contributed by atoms with van der Waals surface area (Å²) >= 11 is 0. The quantitative estimate of drug-likeness (QED) is 0.846. The van der Waals surface area contributed by atoms with E-state index in [-0.39, 0.29) is 6.04 Å². The van der Waals surface area contributed by atoms with Crippen LogP contribution in [0.25, 0.3) is 0 Å². The fourth-order valence-corrected chi connectivity index (χ4v) is 2.74. The highest BCUT2D eigenvalue weighted by Gasteiger charge is 2.22. The fourth-order valence-electron chi connectivity index (χ4n) is 2.74. The van der Waals surface area contributed by atoms with Gasteiger partial charge in [0, 0.05) is 24.4 Å². The van der Waals surface area contributed by atoms with Crippen molar-refractivity contribution in [1.82, 2.24) is 15.3 Å². The molecule has 92 valence electrons. The Balaban J connectivity index is 1.77. The molecule has 2 heterocycles. The van der Waals surface area contributed by atoms with Crippen LogP contribution in [0.2, 0.25) is 0 Å². The molecule has 17 heavy (non-hydrogen) atoms. The number of rotatable bonds is 2. The van der Waals surface area contributed by atoms with Gasteiger partial charge in [-0.05, 0) is 18.9 Å². The molecule has 1 atom stereocenters. The second-order valence-corrected chi connectivity index (χ2v) is 4.90. The van der Waals surface area contributed by atoms with E-state index in [2.05, 4.69) is 16.4 Å². The smallest absolute Gasteiger partial charge is 0.147 e. The van der Waals surface area contributed by atoms with Crippen LogP contribution in [0.1, 0.15) is 49.2 Å². The molecule has 1 aliphatic carbocycles. The molecule has 1 aliphatic heterocycles. The lowest BCUT2D eigenvalue weighted by molar-refractivity contribution is 0.0741. The Labute approximate surface area is 102 Å². The van der Waals surface area contributed by atoms with Crippen molar-refractivity contribution in [2.45, 2.75) is 37.6 Å². The maximum Gasteiger partial charge on any atom is 0.147 e. The minimum Gasteiger partial charge on any atom is -0.378 e. The summed E-state index contributed by atoms with van der Waals surface area (Å²) < 4.78 is 5.46. The standard InChI is InChI=1S/C13H19N3O/c1-2-4-10(3-1)11-5-6-15-13(16-11)12-9-17-8-7-14-12/h5-6,10,12,14H,1-4,7-9H2. The number of nitrogens with zero attached hydrogens (tertiary/aromatic N) is 2. The number of aromatic nitrogens is 2. The molecule has 1 aromatic heterocycles. The van der Waals surface area contributed by atoms with Gasteiger partial charge in [0.2, 0.25) is 0 Å². The van der Waals surface area contributed by atoms with Crippen LogP contribution in [-0.4, -0.2) is 29.7 Å². The summed E-state index contributed by atoms with van der Waals surface area (Å²) in [5.74, 6) is 1.55. The summed E-state index contributed by atoms with van der Waals surface area (Å²) in [4.78, 5) is 9.11. The topological polar surface area (TPSA) is 47.0 Å². The Bertz CT molecular complexity index is 371. The molecule has 1 unspecified atom stereocenters. The van der Waals surface area contributed by atoms with E-state index in [1.165, 1.54) is 31.4 Å². The first-order chi connectivity index (χ1) is 8.43. The van der Waals surface area contributed by atoms with Gasteiger partial charge in [0.15, 0.2) is 0 Å². The van der Waals surface area contributed by atoms with Crippen molar-refractivity contribution < 1.29 is 4.74 Å². The van der Waals surface area contributed by atoms with Crippen molar-refractivity contribution in [1.29, 1.82) is 0 Å². The number of morpholine rings is 1. The van der Waals surface area contributed by atoms with Gasteiger partial charge in [-0.2, -0.15) is 0 Å². The van der Waals surface area contributed by atoms with Crippen LogP contribution in [0.4, 0.5) is 0 Å². The molecular weight excluding hydrogens is 214 g/mol. The first-order valence-electron chi connectivity index (χ1n) is 6.57. The van der Waals surface area contributed by atoms with Crippen LogP contribution in [0.15, 0.2) is 12.3 Å². The zero-order chi connectivity index (χ0) is 11.5. The number of hydrogen-bond donors (Lipinski definition) is 1. The predicted octanol–water partition coefficient (Wildman–Crippen LogP) is 1.80. The minimum absolute atomic E-state index is 0.171. The van der Waals surface area contributed by atoms with Crippen LogP contribution in [0, 0.1) is 0 Å². The lowest BCUT2D eigenvalue weighted by Gasteiger charge is -2.23. The Morgan fingerprint density at radius 3 is 2.94 bits per heavy atom. The molecule has 3 rings (SSSR count). The normalized spacial score (nSPS) is 26.2. The van der Waals surface area contributed by atoms with Gasteiger partial charge in [-0.25, -0.2) is 9.97 Å². The maximum atomic E-state index is 5.46. The highest BCUT2D eigenvalue weighted by atomic mass is 16.5. The average molecular weight is 233 g/mol. The number of ether oxygens (including phenoxy) is 1.